The first-order valence-electron chi connectivity index (χ1n) is 6.70. The summed E-state index contributed by atoms with van der Waals surface area (Å²) in [6.07, 6.45) is 5.03. The number of carbonyl (C=O) groups excluding carboxylic acids is 1. The van der Waals surface area contributed by atoms with E-state index < -0.39 is 28.6 Å². The molecule has 0 heterocycles. The van der Waals surface area contributed by atoms with Gasteiger partial charge >= 0.3 is 5.97 Å². The smallest absolute Gasteiger partial charge is 0.334 e. The summed E-state index contributed by atoms with van der Waals surface area (Å²) in [5.74, 6) is -2.30. The topological polar surface area (TPSA) is 121 Å². The van der Waals surface area contributed by atoms with E-state index in [1.807, 2.05) is 24.3 Å². The molecule has 0 aromatic heterocycles. The Kier molecular flexibility index (Phi) is 2.65. The number of ether oxygens (including phenoxy) is 1. The number of nitrogens with zero attached hydrogens (tertiary/aromatic N) is 4. The van der Waals surface area contributed by atoms with Gasteiger partial charge in [0.05, 0.1) is 31.4 Å². The molecule has 3 aliphatic carbocycles. The Morgan fingerprint density at radius 3 is 2.09 bits per heavy atom. The maximum atomic E-state index is 11.9. The van der Waals surface area contributed by atoms with Gasteiger partial charge in [-0.2, -0.15) is 21.0 Å². The van der Waals surface area contributed by atoms with E-state index in [-0.39, 0.29) is 11.8 Å². The largest absolute Gasteiger partial charge is 0.466 e. The highest BCUT2D eigenvalue weighted by molar-refractivity contribution is 5.90. The van der Waals surface area contributed by atoms with Gasteiger partial charge in [0.2, 0.25) is 0 Å². The lowest BCUT2D eigenvalue weighted by atomic mass is 9.63. The van der Waals surface area contributed by atoms with Crippen molar-refractivity contribution in [2.75, 3.05) is 7.11 Å². The van der Waals surface area contributed by atoms with Crippen LogP contribution >= 0.6 is 0 Å². The third-order valence-corrected chi connectivity index (χ3v) is 5.24. The van der Waals surface area contributed by atoms with Crippen LogP contribution in [0.25, 0.3) is 0 Å². The highest BCUT2D eigenvalue weighted by Crippen LogP contribution is 2.69. The Morgan fingerprint density at radius 1 is 1.05 bits per heavy atom. The molecular weight excluding hydrogens is 280 g/mol. The molecule has 0 saturated heterocycles. The zero-order valence-electron chi connectivity index (χ0n) is 11.6. The first-order valence-corrected chi connectivity index (χ1v) is 6.70. The van der Waals surface area contributed by atoms with Gasteiger partial charge in [-0.05, 0) is 5.92 Å². The van der Waals surface area contributed by atoms with E-state index >= 15 is 0 Å². The molecule has 1 fully saturated rings. The molecule has 0 spiro atoms. The summed E-state index contributed by atoms with van der Waals surface area (Å²) < 4.78 is 4.75. The molecule has 4 atom stereocenters. The van der Waals surface area contributed by atoms with Crippen molar-refractivity contribution in [2.24, 2.45) is 34.5 Å². The second-order valence-electron chi connectivity index (χ2n) is 5.72. The van der Waals surface area contributed by atoms with E-state index in [0.29, 0.717) is 5.57 Å². The van der Waals surface area contributed by atoms with Gasteiger partial charge in [0, 0.05) is 23.3 Å². The lowest BCUT2D eigenvalue weighted by molar-refractivity contribution is -0.136. The van der Waals surface area contributed by atoms with Crippen LogP contribution in [0.15, 0.2) is 23.8 Å². The van der Waals surface area contributed by atoms with Crippen molar-refractivity contribution < 1.29 is 9.53 Å². The van der Waals surface area contributed by atoms with E-state index in [4.69, 9.17) is 4.74 Å². The fourth-order valence-electron chi connectivity index (χ4n) is 4.29. The van der Waals surface area contributed by atoms with Crippen molar-refractivity contribution in [3.63, 3.8) is 0 Å². The highest BCUT2D eigenvalue weighted by atomic mass is 16.5. The fourth-order valence-corrected chi connectivity index (χ4v) is 4.29. The number of esters is 1. The van der Waals surface area contributed by atoms with Gasteiger partial charge in [-0.3, -0.25) is 0 Å². The predicted octanol–water partition coefficient (Wildman–Crippen LogP) is 1.21. The number of hydrogen-bond donors (Lipinski definition) is 0. The standard InChI is InChI=1S/C16H10N4O2/c1-22-14(21)10-4-12-13-9(10)2-3-11(13)15(5-17,6-18)16(12,7-19)8-20/h2-4,9,11-13H,1H3. The lowest BCUT2D eigenvalue weighted by Gasteiger charge is -2.28. The first kappa shape index (κ1) is 13.9. The van der Waals surface area contributed by atoms with E-state index in [9.17, 15) is 25.8 Å². The summed E-state index contributed by atoms with van der Waals surface area (Å²) in [4.78, 5) is 11.9. The quantitative estimate of drug-likeness (QED) is 0.528. The molecule has 0 N–H and O–H groups in total. The van der Waals surface area contributed by atoms with Crippen LogP contribution in [-0.4, -0.2) is 13.1 Å². The molecule has 0 bridgehead atoms. The van der Waals surface area contributed by atoms with Gasteiger partial charge in [-0.15, -0.1) is 0 Å². The minimum atomic E-state index is -1.79. The molecular formula is C16H10N4O2. The Bertz CT molecular complexity index is 768. The summed E-state index contributed by atoms with van der Waals surface area (Å²) in [5, 5.41) is 38.4. The van der Waals surface area contributed by atoms with Gasteiger partial charge in [0.25, 0.3) is 0 Å². The van der Waals surface area contributed by atoms with Crippen molar-refractivity contribution in [3.05, 3.63) is 23.8 Å². The van der Waals surface area contributed by atoms with Gasteiger partial charge in [-0.25, -0.2) is 4.79 Å². The van der Waals surface area contributed by atoms with Crippen LogP contribution in [0.4, 0.5) is 0 Å². The molecule has 106 valence electrons. The second-order valence-corrected chi connectivity index (χ2v) is 5.72. The molecule has 0 aromatic rings. The van der Waals surface area contributed by atoms with Crippen LogP contribution < -0.4 is 0 Å². The molecule has 22 heavy (non-hydrogen) atoms. The summed E-state index contributed by atoms with van der Waals surface area (Å²) in [5.41, 5.74) is -3.12. The number of carbonyl (C=O) groups is 1. The minimum absolute atomic E-state index is 0.298. The third-order valence-electron chi connectivity index (χ3n) is 5.24. The summed E-state index contributed by atoms with van der Waals surface area (Å²) in [6, 6.07) is 7.70. The maximum absolute atomic E-state index is 11.9. The minimum Gasteiger partial charge on any atom is -0.466 e. The third kappa shape index (κ3) is 1.15. The number of hydrogen-bond acceptors (Lipinski definition) is 6. The first-order chi connectivity index (χ1) is 10.6. The van der Waals surface area contributed by atoms with Crippen molar-refractivity contribution in [1.29, 1.82) is 21.0 Å². The summed E-state index contributed by atoms with van der Waals surface area (Å²) >= 11 is 0. The predicted molar refractivity (Wildman–Crippen MR) is 70.5 cm³/mol. The molecule has 0 aliphatic heterocycles. The Labute approximate surface area is 127 Å². The number of nitriles is 4. The van der Waals surface area contributed by atoms with Gasteiger partial charge in [0.15, 0.2) is 10.8 Å². The normalized spacial score (nSPS) is 34.5. The SMILES string of the molecule is COC(=O)C1=CC2C3C1C=CC3C(C#N)(C#N)C2(C#N)C#N. The molecule has 6 heteroatoms. The lowest BCUT2D eigenvalue weighted by Crippen LogP contribution is -2.39. The van der Waals surface area contributed by atoms with Gasteiger partial charge < -0.3 is 4.74 Å². The fraction of sp³-hybridized carbons (Fsp3) is 0.438. The van der Waals surface area contributed by atoms with Crippen LogP contribution in [0.3, 0.4) is 0 Å². The van der Waals surface area contributed by atoms with E-state index in [1.54, 1.807) is 18.2 Å². The van der Waals surface area contributed by atoms with Crippen LogP contribution in [-0.2, 0) is 9.53 Å². The van der Waals surface area contributed by atoms with Crippen LogP contribution in [0.5, 0.6) is 0 Å². The summed E-state index contributed by atoms with van der Waals surface area (Å²) in [7, 11) is 1.27. The van der Waals surface area contributed by atoms with Crippen LogP contribution in [0.2, 0.25) is 0 Å². The van der Waals surface area contributed by atoms with Crippen molar-refractivity contribution in [1.82, 2.24) is 0 Å². The molecule has 3 rings (SSSR count). The van der Waals surface area contributed by atoms with Gasteiger partial charge in [0.1, 0.15) is 0 Å². The van der Waals surface area contributed by atoms with E-state index in [0.717, 1.165) is 0 Å². The molecule has 6 nitrogen and oxygen atoms in total. The Hall–Kier alpha value is -3.09. The van der Waals surface area contributed by atoms with Gasteiger partial charge in [-0.1, -0.05) is 18.2 Å². The molecule has 4 unspecified atom stereocenters. The number of methoxy groups -OCH3 is 1. The van der Waals surface area contributed by atoms with Crippen LogP contribution in [0.1, 0.15) is 0 Å². The number of allylic oxidation sites excluding steroid dienone is 3. The highest BCUT2D eigenvalue weighted by Gasteiger charge is 2.75. The Balaban J connectivity index is 2.27. The summed E-state index contributed by atoms with van der Waals surface area (Å²) in [6.45, 7) is 0. The average molecular weight is 290 g/mol. The maximum Gasteiger partial charge on any atom is 0.334 e. The van der Waals surface area contributed by atoms with Crippen molar-refractivity contribution in [2.45, 2.75) is 0 Å². The van der Waals surface area contributed by atoms with E-state index in [1.165, 1.54) is 7.11 Å². The molecule has 0 aromatic carbocycles. The molecule has 0 amide bonds. The van der Waals surface area contributed by atoms with Crippen molar-refractivity contribution >= 4 is 5.97 Å². The van der Waals surface area contributed by atoms with Crippen molar-refractivity contribution in [3.8, 4) is 24.3 Å². The zero-order valence-corrected chi connectivity index (χ0v) is 11.6. The monoisotopic (exact) mass is 290 g/mol. The second kappa shape index (κ2) is 4.20. The average Bonchev–Trinajstić information content (AvgIpc) is 3.19. The number of rotatable bonds is 1. The molecule has 3 aliphatic rings. The zero-order chi connectivity index (χ0) is 16.1. The van der Waals surface area contributed by atoms with E-state index in [2.05, 4.69) is 0 Å². The van der Waals surface area contributed by atoms with Crippen LogP contribution in [0, 0.1) is 79.8 Å². The molecule has 0 radical (unpaired) electrons. The Morgan fingerprint density at radius 2 is 1.59 bits per heavy atom. The molecule has 1 saturated carbocycles.